The molecule has 1 aromatic heterocycles. The van der Waals surface area contributed by atoms with E-state index in [4.69, 9.17) is 14.6 Å². The summed E-state index contributed by atoms with van der Waals surface area (Å²) in [6.07, 6.45) is 2.81. The molecular weight excluding hydrogens is 210 g/mol. The number of furan rings is 1. The minimum atomic E-state index is -0.629. The van der Waals surface area contributed by atoms with E-state index in [0.29, 0.717) is 5.76 Å². The second-order valence-electron chi connectivity index (χ2n) is 3.35. The van der Waals surface area contributed by atoms with Gasteiger partial charge in [0.1, 0.15) is 11.5 Å². The zero-order valence-electron chi connectivity index (χ0n) is 9.01. The number of carbonyl (C=O) groups excluding carboxylic acids is 1. The minimum Gasteiger partial charge on any atom is -0.462 e. The molecule has 16 heavy (non-hydrogen) atoms. The first kappa shape index (κ1) is 12.5. The number of carbonyl (C=O) groups is 1. The van der Waals surface area contributed by atoms with Crippen molar-refractivity contribution in [2.75, 3.05) is 13.2 Å². The van der Waals surface area contributed by atoms with Crippen LogP contribution in [0.25, 0.3) is 6.08 Å². The van der Waals surface area contributed by atoms with E-state index in [1.54, 1.807) is 12.1 Å². The van der Waals surface area contributed by atoms with Gasteiger partial charge in [-0.1, -0.05) is 0 Å². The molecule has 0 aliphatic rings. The van der Waals surface area contributed by atoms with Crippen molar-refractivity contribution in [3.63, 3.8) is 0 Å². The highest BCUT2D eigenvalue weighted by Crippen LogP contribution is 2.07. The molecule has 0 saturated heterocycles. The van der Waals surface area contributed by atoms with E-state index >= 15 is 0 Å². The maximum atomic E-state index is 11.3. The van der Waals surface area contributed by atoms with Crippen molar-refractivity contribution < 1.29 is 19.4 Å². The molecule has 1 rings (SSSR count). The number of nitrogens with one attached hydrogen (secondary N) is 1. The summed E-state index contributed by atoms with van der Waals surface area (Å²) < 4.78 is 5.23. The van der Waals surface area contributed by atoms with Gasteiger partial charge in [0.15, 0.2) is 0 Å². The number of hydrogen-bond acceptors (Lipinski definition) is 4. The van der Waals surface area contributed by atoms with Crippen LogP contribution in [0.15, 0.2) is 22.6 Å². The third-order valence-electron chi connectivity index (χ3n) is 1.95. The molecule has 1 aromatic rings. The van der Waals surface area contributed by atoms with Crippen molar-refractivity contribution in [2.24, 2.45) is 0 Å². The van der Waals surface area contributed by atoms with Crippen LogP contribution in [0, 0.1) is 6.92 Å². The molecule has 5 heteroatoms. The van der Waals surface area contributed by atoms with Gasteiger partial charge in [-0.2, -0.15) is 0 Å². The number of amides is 1. The van der Waals surface area contributed by atoms with E-state index in [2.05, 4.69) is 5.32 Å². The summed E-state index contributed by atoms with van der Waals surface area (Å²) in [4.78, 5) is 11.3. The van der Waals surface area contributed by atoms with E-state index in [1.807, 2.05) is 6.92 Å². The quantitative estimate of drug-likeness (QED) is 0.619. The minimum absolute atomic E-state index is 0.296. The standard InChI is InChI=1S/C11H15NO4/c1-8-2-3-10(16-8)4-5-11(15)12-9(6-13)7-14/h2-5,9,13-14H,6-7H2,1H3,(H,12,15). The Balaban J connectivity index is 2.48. The van der Waals surface area contributed by atoms with Gasteiger partial charge in [0.2, 0.25) is 5.91 Å². The van der Waals surface area contributed by atoms with Crippen LogP contribution in [-0.4, -0.2) is 35.4 Å². The lowest BCUT2D eigenvalue weighted by Gasteiger charge is -2.10. The van der Waals surface area contributed by atoms with Crippen molar-refractivity contribution in [2.45, 2.75) is 13.0 Å². The maximum Gasteiger partial charge on any atom is 0.244 e. The molecule has 0 bridgehead atoms. The molecule has 3 N–H and O–H groups in total. The fourth-order valence-corrected chi connectivity index (χ4v) is 1.10. The zero-order valence-corrected chi connectivity index (χ0v) is 9.01. The third kappa shape index (κ3) is 3.88. The van der Waals surface area contributed by atoms with E-state index in [-0.39, 0.29) is 19.1 Å². The molecule has 5 nitrogen and oxygen atoms in total. The number of aliphatic hydroxyl groups is 2. The van der Waals surface area contributed by atoms with Crippen molar-refractivity contribution in [1.82, 2.24) is 5.32 Å². The van der Waals surface area contributed by atoms with Crippen molar-refractivity contribution in [1.29, 1.82) is 0 Å². The molecule has 0 saturated carbocycles. The molecule has 0 unspecified atom stereocenters. The molecule has 0 spiro atoms. The lowest BCUT2D eigenvalue weighted by atomic mass is 10.3. The molecule has 1 amide bonds. The number of rotatable bonds is 5. The fourth-order valence-electron chi connectivity index (χ4n) is 1.10. The Kier molecular flexibility index (Phi) is 4.75. The number of hydrogen-bond donors (Lipinski definition) is 3. The van der Waals surface area contributed by atoms with E-state index in [0.717, 1.165) is 5.76 Å². The van der Waals surface area contributed by atoms with Gasteiger partial charge in [0.25, 0.3) is 0 Å². The first-order chi connectivity index (χ1) is 7.65. The fraction of sp³-hybridized carbons (Fsp3) is 0.364. The van der Waals surface area contributed by atoms with E-state index in [1.165, 1.54) is 12.2 Å². The molecule has 1 heterocycles. The predicted octanol–water partition coefficient (Wildman–Crippen LogP) is 0.0706. The summed E-state index contributed by atoms with van der Waals surface area (Å²) in [7, 11) is 0. The lowest BCUT2D eigenvalue weighted by molar-refractivity contribution is -0.117. The summed E-state index contributed by atoms with van der Waals surface area (Å²) in [6, 6.07) is 2.91. The van der Waals surface area contributed by atoms with Crippen LogP contribution >= 0.6 is 0 Å². The molecule has 0 atom stereocenters. The first-order valence-corrected chi connectivity index (χ1v) is 4.92. The lowest BCUT2D eigenvalue weighted by Crippen LogP contribution is -2.39. The van der Waals surface area contributed by atoms with Crippen LogP contribution < -0.4 is 5.32 Å². The Labute approximate surface area is 93.4 Å². The van der Waals surface area contributed by atoms with Crippen LogP contribution in [0.1, 0.15) is 11.5 Å². The smallest absolute Gasteiger partial charge is 0.244 e. The Morgan fingerprint density at radius 3 is 2.69 bits per heavy atom. The van der Waals surface area contributed by atoms with E-state index < -0.39 is 6.04 Å². The maximum absolute atomic E-state index is 11.3. The van der Waals surface area contributed by atoms with Crippen LogP contribution in [0.5, 0.6) is 0 Å². The van der Waals surface area contributed by atoms with Gasteiger partial charge in [-0.15, -0.1) is 0 Å². The van der Waals surface area contributed by atoms with Crippen LogP contribution in [0.2, 0.25) is 0 Å². The van der Waals surface area contributed by atoms with Crippen LogP contribution in [0.4, 0.5) is 0 Å². The second kappa shape index (κ2) is 6.09. The Morgan fingerprint density at radius 1 is 1.50 bits per heavy atom. The van der Waals surface area contributed by atoms with Gasteiger partial charge in [-0.25, -0.2) is 0 Å². The molecule has 0 aliphatic carbocycles. The largest absolute Gasteiger partial charge is 0.462 e. The van der Waals surface area contributed by atoms with Gasteiger partial charge >= 0.3 is 0 Å². The molecule has 0 aromatic carbocycles. The zero-order chi connectivity index (χ0) is 12.0. The number of aryl methyl sites for hydroxylation is 1. The predicted molar refractivity (Wildman–Crippen MR) is 58.6 cm³/mol. The van der Waals surface area contributed by atoms with Crippen molar-refractivity contribution in [3.05, 3.63) is 29.7 Å². The molecule has 0 aliphatic heterocycles. The average Bonchev–Trinajstić information content (AvgIpc) is 2.69. The summed E-state index contributed by atoms with van der Waals surface area (Å²) in [5, 5.41) is 19.9. The van der Waals surface area contributed by atoms with Gasteiger partial charge in [0, 0.05) is 6.08 Å². The molecular formula is C11H15NO4. The summed E-state index contributed by atoms with van der Waals surface area (Å²) in [5.74, 6) is 0.961. The summed E-state index contributed by atoms with van der Waals surface area (Å²) >= 11 is 0. The van der Waals surface area contributed by atoms with Gasteiger partial charge in [0.05, 0.1) is 19.3 Å². The molecule has 0 radical (unpaired) electrons. The van der Waals surface area contributed by atoms with E-state index in [9.17, 15) is 4.79 Å². The third-order valence-corrected chi connectivity index (χ3v) is 1.95. The Bertz CT molecular complexity index is 366. The number of aliphatic hydroxyl groups excluding tert-OH is 2. The normalized spacial score (nSPS) is 11.2. The van der Waals surface area contributed by atoms with Crippen LogP contribution in [0.3, 0.4) is 0 Å². The van der Waals surface area contributed by atoms with Crippen LogP contribution in [-0.2, 0) is 4.79 Å². The highest BCUT2D eigenvalue weighted by molar-refractivity contribution is 5.91. The highest BCUT2D eigenvalue weighted by atomic mass is 16.3. The van der Waals surface area contributed by atoms with Gasteiger partial charge in [-0.3, -0.25) is 4.79 Å². The summed E-state index contributed by atoms with van der Waals surface area (Å²) in [5.41, 5.74) is 0. The topological polar surface area (TPSA) is 82.7 Å². The summed E-state index contributed by atoms with van der Waals surface area (Å²) in [6.45, 7) is 1.22. The van der Waals surface area contributed by atoms with Crippen molar-refractivity contribution >= 4 is 12.0 Å². The molecule has 88 valence electrons. The van der Waals surface area contributed by atoms with Crippen molar-refractivity contribution in [3.8, 4) is 0 Å². The SMILES string of the molecule is Cc1ccc(C=CC(=O)NC(CO)CO)o1. The molecule has 0 fully saturated rings. The monoisotopic (exact) mass is 225 g/mol. The van der Waals surface area contributed by atoms with Gasteiger partial charge in [-0.05, 0) is 25.1 Å². The first-order valence-electron chi connectivity index (χ1n) is 4.92. The Morgan fingerprint density at radius 2 is 2.19 bits per heavy atom. The average molecular weight is 225 g/mol. The Hall–Kier alpha value is -1.59. The highest BCUT2D eigenvalue weighted by Gasteiger charge is 2.07. The second-order valence-corrected chi connectivity index (χ2v) is 3.35. The van der Waals surface area contributed by atoms with Gasteiger partial charge < -0.3 is 19.9 Å².